The van der Waals surface area contributed by atoms with Crippen LogP contribution in [0.2, 0.25) is 0 Å². The normalized spacial score (nSPS) is 11.7. The van der Waals surface area contributed by atoms with Crippen LogP contribution in [0.4, 0.5) is 0 Å². The molecule has 0 unspecified atom stereocenters. The monoisotopic (exact) mass is 446 g/mol. The Hall–Kier alpha value is -3.44. The average molecular weight is 447 g/mol. The van der Waals surface area contributed by atoms with Crippen LogP contribution >= 0.6 is 0 Å². The molecule has 0 aliphatic heterocycles. The summed E-state index contributed by atoms with van der Waals surface area (Å²) in [4.78, 5) is 23.5. The van der Waals surface area contributed by atoms with Crippen molar-refractivity contribution < 1.29 is 24.2 Å². The van der Waals surface area contributed by atoms with Crippen LogP contribution in [-0.4, -0.2) is 36.7 Å². The lowest BCUT2D eigenvalue weighted by Gasteiger charge is -2.10. The number of benzene rings is 3. The molecule has 0 saturated heterocycles. The highest BCUT2D eigenvalue weighted by Crippen LogP contribution is 2.22. The summed E-state index contributed by atoms with van der Waals surface area (Å²) in [5, 5.41) is 9.07. The highest BCUT2D eigenvalue weighted by molar-refractivity contribution is 5.96. The third-order valence-corrected chi connectivity index (χ3v) is 5.54. The van der Waals surface area contributed by atoms with Crippen molar-refractivity contribution in [2.75, 3.05) is 13.7 Å². The lowest BCUT2D eigenvalue weighted by molar-refractivity contribution is -0.148. The molecule has 3 aromatic rings. The van der Waals surface area contributed by atoms with Crippen LogP contribution < -0.4 is 4.74 Å². The molecule has 0 fully saturated rings. The van der Waals surface area contributed by atoms with Gasteiger partial charge in [-0.3, -0.25) is 4.79 Å². The summed E-state index contributed by atoms with van der Waals surface area (Å²) in [7, 11) is 1.38. The predicted molar refractivity (Wildman–Crippen MR) is 129 cm³/mol. The number of rotatable bonds is 13. The third kappa shape index (κ3) is 7.58. The zero-order valence-electron chi connectivity index (χ0n) is 18.9. The Morgan fingerprint density at radius 3 is 2.12 bits per heavy atom. The summed E-state index contributed by atoms with van der Waals surface area (Å²) < 4.78 is 10.8. The largest absolute Gasteiger partial charge is 0.494 e. The number of hydrogen-bond donors (Lipinski definition) is 1. The van der Waals surface area contributed by atoms with E-state index in [-0.39, 0.29) is 12.2 Å². The van der Waals surface area contributed by atoms with Gasteiger partial charge in [-0.15, -0.1) is 0 Å². The molecule has 0 aromatic heterocycles. The average Bonchev–Trinajstić information content (AvgIpc) is 2.85. The van der Waals surface area contributed by atoms with Gasteiger partial charge in [-0.2, -0.15) is 0 Å². The zero-order valence-corrected chi connectivity index (χ0v) is 18.9. The minimum Gasteiger partial charge on any atom is -0.494 e. The van der Waals surface area contributed by atoms with Crippen LogP contribution in [0.1, 0.15) is 41.6 Å². The van der Waals surface area contributed by atoms with Crippen molar-refractivity contribution in [3.05, 3.63) is 90.0 Å². The van der Waals surface area contributed by atoms with E-state index in [9.17, 15) is 9.59 Å². The maximum absolute atomic E-state index is 12.4. The van der Waals surface area contributed by atoms with Crippen LogP contribution in [0.15, 0.2) is 78.9 Å². The topological polar surface area (TPSA) is 72.8 Å². The first-order valence-electron chi connectivity index (χ1n) is 11.2. The molecule has 0 heterocycles. The molecule has 0 aliphatic rings. The maximum Gasteiger partial charge on any atom is 0.333 e. The van der Waals surface area contributed by atoms with Crippen molar-refractivity contribution in [1.82, 2.24) is 0 Å². The number of methoxy groups -OCH3 is 1. The van der Waals surface area contributed by atoms with Gasteiger partial charge in [0.2, 0.25) is 0 Å². The van der Waals surface area contributed by atoms with Gasteiger partial charge in [0.25, 0.3) is 0 Å². The van der Waals surface area contributed by atoms with Crippen molar-refractivity contribution in [3.63, 3.8) is 0 Å². The number of Topliss-reactive ketones (excluding diaryl/α,β-unsaturated/α-hetero) is 1. The number of ether oxygens (including phenoxy) is 2. The molecule has 33 heavy (non-hydrogen) atoms. The maximum atomic E-state index is 12.4. The molecule has 5 heteroatoms. The molecule has 3 rings (SSSR count). The molecule has 172 valence electrons. The van der Waals surface area contributed by atoms with Gasteiger partial charge < -0.3 is 14.6 Å². The molecule has 0 amide bonds. The zero-order chi connectivity index (χ0) is 23.5. The Kier molecular flexibility index (Phi) is 9.21. The molecule has 0 saturated carbocycles. The number of carboxylic acid groups (broad SMARTS) is 1. The Morgan fingerprint density at radius 1 is 0.818 bits per heavy atom. The number of hydrogen-bond acceptors (Lipinski definition) is 4. The summed E-state index contributed by atoms with van der Waals surface area (Å²) in [6.45, 7) is 0.623. The Bertz CT molecular complexity index is 1010. The van der Waals surface area contributed by atoms with E-state index < -0.39 is 12.1 Å². The van der Waals surface area contributed by atoms with Crippen LogP contribution in [0.3, 0.4) is 0 Å². The van der Waals surface area contributed by atoms with Gasteiger partial charge in [-0.05, 0) is 48.1 Å². The lowest BCUT2D eigenvalue weighted by atomic mass is 10.0. The smallest absolute Gasteiger partial charge is 0.333 e. The first-order chi connectivity index (χ1) is 16.1. The van der Waals surface area contributed by atoms with Crippen LogP contribution in [0.25, 0.3) is 11.1 Å². The lowest BCUT2D eigenvalue weighted by Crippen LogP contribution is -2.24. The quantitative estimate of drug-likeness (QED) is 0.265. The van der Waals surface area contributed by atoms with Crippen LogP contribution in [-0.2, 0) is 16.0 Å². The molecular weight excluding hydrogens is 416 g/mol. The Labute approximate surface area is 195 Å². The van der Waals surface area contributed by atoms with E-state index in [1.165, 1.54) is 12.7 Å². The van der Waals surface area contributed by atoms with Crippen molar-refractivity contribution in [2.24, 2.45) is 0 Å². The van der Waals surface area contributed by atoms with Gasteiger partial charge in [-0.1, -0.05) is 66.7 Å². The highest BCUT2D eigenvalue weighted by Gasteiger charge is 2.17. The van der Waals surface area contributed by atoms with E-state index in [0.29, 0.717) is 18.6 Å². The van der Waals surface area contributed by atoms with E-state index >= 15 is 0 Å². The number of ketones is 1. The standard InChI is InChI=1S/C28H30O5/c1-32-27(28(30)31)20-21-11-13-24(14-12-21)26(29)10-6-3-7-19-33-25-17-15-23(16-18-25)22-8-4-2-5-9-22/h2,4-5,8-9,11-18,27H,3,6-7,10,19-20H2,1H3,(H,30,31)/t27-/m0/s1. The molecule has 1 N–H and O–H groups in total. The van der Waals surface area contributed by atoms with E-state index in [0.717, 1.165) is 36.1 Å². The number of carboxylic acids is 1. The number of carbonyl (C=O) groups excluding carboxylic acids is 1. The van der Waals surface area contributed by atoms with Gasteiger partial charge in [0.05, 0.1) is 6.61 Å². The molecule has 5 nitrogen and oxygen atoms in total. The summed E-state index contributed by atoms with van der Waals surface area (Å²) in [6.07, 6.45) is 2.49. The van der Waals surface area contributed by atoms with Crippen LogP contribution in [0.5, 0.6) is 5.75 Å². The third-order valence-electron chi connectivity index (χ3n) is 5.54. The van der Waals surface area contributed by atoms with Gasteiger partial charge >= 0.3 is 5.97 Å². The highest BCUT2D eigenvalue weighted by atomic mass is 16.5. The fourth-order valence-corrected chi connectivity index (χ4v) is 3.59. The van der Waals surface area contributed by atoms with Crippen molar-refractivity contribution in [2.45, 2.75) is 38.2 Å². The SMILES string of the molecule is CO[C@@H](Cc1ccc(C(=O)CCCCCOc2ccc(-c3ccccc3)cc2)cc1)C(=O)O. The second-order valence-corrected chi connectivity index (χ2v) is 7.94. The summed E-state index contributed by atoms with van der Waals surface area (Å²) in [6, 6.07) is 25.4. The van der Waals surface area contributed by atoms with Crippen molar-refractivity contribution in [1.29, 1.82) is 0 Å². The number of unbranched alkanes of at least 4 members (excludes halogenated alkanes) is 2. The number of aliphatic carboxylic acids is 1. The molecule has 3 aromatic carbocycles. The molecule has 1 atom stereocenters. The van der Waals surface area contributed by atoms with E-state index in [2.05, 4.69) is 24.3 Å². The van der Waals surface area contributed by atoms with Crippen LogP contribution in [0, 0.1) is 0 Å². The molecule has 0 aliphatic carbocycles. The summed E-state index contributed by atoms with van der Waals surface area (Å²) in [5.41, 5.74) is 3.82. The minimum absolute atomic E-state index is 0.0977. The fourth-order valence-electron chi connectivity index (χ4n) is 3.59. The first-order valence-corrected chi connectivity index (χ1v) is 11.2. The predicted octanol–water partition coefficient (Wildman–Crippen LogP) is 5.82. The van der Waals surface area contributed by atoms with Gasteiger partial charge in [0.1, 0.15) is 5.75 Å². The minimum atomic E-state index is -0.995. The fraction of sp³-hybridized carbons (Fsp3) is 0.286. The van der Waals surface area contributed by atoms with E-state index in [1.807, 2.05) is 30.3 Å². The van der Waals surface area contributed by atoms with E-state index in [4.69, 9.17) is 14.6 Å². The van der Waals surface area contributed by atoms with E-state index in [1.54, 1.807) is 24.3 Å². The summed E-state index contributed by atoms with van der Waals surface area (Å²) >= 11 is 0. The second-order valence-electron chi connectivity index (χ2n) is 7.94. The molecular formula is C28H30O5. The van der Waals surface area contributed by atoms with Gasteiger partial charge in [-0.25, -0.2) is 4.79 Å². The first kappa shape index (κ1) is 24.2. The second kappa shape index (κ2) is 12.6. The summed E-state index contributed by atoms with van der Waals surface area (Å²) in [5.74, 6) is -0.0456. The van der Waals surface area contributed by atoms with Crippen molar-refractivity contribution in [3.8, 4) is 16.9 Å². The molecule has 0 spiro atoms. The Balaban J connectivity index is 1.34. The Morgan fingerprint density at radius 2 is 1.48 bits per heavy atom. The molecule has 0 radical (unpaired) electrons. The van der Waals surface area contributed by atoms with Gasteiger partial charge in [0.15, 0.2) is 11.9 Å². The van der Waals surface area contributed by atoms with Crippen molar-refractivity contribution >= 4 is 11.8 Å². The van der Waals surface area contributed by atoms with Gasteiger partial charge in [0, 0.05) is 25.5 Å². The molecule has 0 bridgehead atoms. The number of carbonyl (C=O) groups is 2.